The van der Waals surface area contributed by atoms with Gasteiger partial charge in [-0.3, -0.25) is 4.90 Å². The van der Waals surface area contributed by atoms with Crippen molar-refractivity contribution in [2.45, 2.75) is 19.8 Å². The first kappa shape index (κ1) is 13.5. The van der Waals surface area contributed by atoms with Gasteiger partial charge in [0.2, 0.25) is 0 Å². The van der Waals surface area contributed by atoms with E-state index in [1.165, 1.54) is 5.56 Å². The first-order chi connectivity index (χ1) is 9.24. The van der Waals surface area contributed by atoms with E-state index < -0.39 is 0 Å². The zero-order chi connectivity index (χ0) is 13.7. The van der Waals surface area contributed by atoms with Crippen LogP contribution in [-0.4, -0.2) is 34.6 Å². The van der Waals surface area contributed by atoms with E-state index in [-0.39, 0.29) is 0 Å². The summed E-state index contributed by atoms with van der Waals surface area (Å²) in [5.41, 5.74) is 2.29. The van der Waals surface area contributed by atoms with Crippen LogP contribution in [0.25, 0.3) is 10.9 Å². The lowest BCUT2D eigenvalue weighted by Crippen LogP contribution is -2.27. The van der Waals surface area contributed by atoms with Crippen LogP contribution in [0.15, 0.2) is 24.4 Å². The Labute approximate surface area is 114 Å². The van der Waals surface area contributed by atoms with Gasteiger partial charge in [0.15, 0.2) is 0 Å². The molecule has 0 radical (unpaired) electrons. The van der Waals surface area contributed by atoms with E-state index in [9.17, 15) is 5.11 Å². The van der Waals surface area contributed by atoms with Crippen LogP contribution < -0.4 is 0 Å². The zero-order valence-corrected chi connectivity index (χ0v) is 11.3. The predicted molar refractivity (Wildman–Crippen MR) is 79.2 cm³/mol. The van der Waals surface area contributed by atoms with Crippen molar-refractivity contribution in [2.24, 2.45) is 0 Å². The number of aromatic amines is 1. The quantitative estimate of drug-likeness (QED) is 0.780. The Morgan fingerprint density at radius 2 is 2.21 bits per heavy atom. The molecule has 1 aromatic carbocycles. The lowest BCUT2D eigenvalue weighted by molar-refractivity contribution is 0.312. The van der Waals surface area contributed by atoms with Crippen molar-refractivity contribution in [3.8, 4) is 18.1 Å². The number of H-pyrrole nitrogens is 1. The van der Waals surface area contributed by atoms with Gasteiger partial charge in [-0.1, -0.05) is 12.8 Å². The monoisotopic (exact) mass is 256 g/mol. The molecule has 1 aromatic heterocycles. The Balaban J connectivity index is 2.08. The maximum atomic E-state index is 9.57. The van der Waals surface area contributed by atoms with Gasteiger partial charge in [-0.15, -0.1) is 6.42 Å². The van der Waals surface area contributed by atoms with Crippen molar-refractivity contribution in [1.29, 1.82) is 0 Å². The Morgan fingerprint density at radius 1 is 1.37 bits per heavy atom. The lowest BCUT2D eigenvalue weighted by Gasteiger charge is -2.18. The summed E-state index contributed by atoms with van der Waals surface area (Å²) in [4.78, 5) is 5.51. The molecule has 0 bridgehead atoms. The molecule has 2 N–H and O–H groups in total. The van der Waals surface area contributed by atoms with Gasteiger partial charge in [0.25, 0.3) is 0 Å². The van der Waals surface area contributed by atoms with E-state index >= 15 is 0 Å². The lowest BCUT2D eigenvalue weighted by atomic mass is 10.1. The number of hydrogen-bond acceptors (Lipinski definition) is 2. The van der Waals surface area contributed by atoms with Crippen LogP contribution in [0.4, 0.5) is 0 Å². The van der Waals surface area contributed by atoms with Crippen molar-refractivity contribution in [1.82, 2.24) is 9.88 Å². The minimum Gasteiger partial charge on any atom is -0.508 e. The third-order valence-electron chi connectivity index (χ3n) is 3.30. The third-order valence-corrected chi connectivity index (χ3v) is 3.30. The van der Waals surface area contributed by atoms with Gasteiger partial charge >= 0.3 is 0 Å². The highest BCUT2D eigenvalue weighted by Gasteiger charge is 2.07. The second-order valence-electron chi connectivity index (χ2n) is 4.77. The molecule has 2 rings (SSSR count). The normalized spacial score (nSPS) is 11.0. The molecule has 3 nitrogen and oxygen atoms in total. The molecule has 0 amide bonds. The highest BCUT2D eigenvalue weighted by molar-refractivity contribution is 5.84. The maximum absolute atomic E-state index is 9.57. The van der Waals surface area contributed by atoms with Crippen LogP contribution in [-0.2, 0) is 6.42 Å². The Hall–Kier alpha value is -1.92. The number of phenolic OH excluding ortho intramolecular Hbond substituents is 1. The first-order valence-corrected chi connectivity index (χ1v) is 6.69. The Morgan fingerprint density at radius 3 is 2.95 bits per heavy atom. The standard InChI is InChI=1S/C16H20N2O/c1-3-8-18(9-4-2)10-7-13-12-17-16-6-5-14(19)11-15(13)16/h1,5-6,11-12,17,19H,4,7-10H2,2H3. The summed E-state index contributed by atoms with van der Waals surface area (Å²) >= 11 is 0. The second-order valence-corrected chi connectivity index (χ2v) is 4.77. The number of phenols is 1. The molecule has 0 saturated carbocycles. The van der Waals surface area contributed by atoms with Gasteiger partial charge in [-0.2, -0.15) is 0 Å². The largest absolute Gasteiger partial charge is 0.508 e. The molecule has 19 heavy (non-hydrogen) atoms. The molecule has 0 atom stereocenters. The van der Waals surface area contributed by atoms with E-state index in [2.05, 4.69) is 22.7 Å². The highest BCUT2D eigenvalue weighted by atomic mass is 16.3. The summed E-state index contributed by atoms with van der Waals surface area (Å²) in [6, 6.07) is 5.41. The summed E-state index contributed by atoms with van der Waals surface area (Å²) in [5, 5.41) is 10.7. The molecule has 1 heterocycles. The number of hydrogen-bond donors (Lipinski definition) is 2. The highest BCUT2D eigenvalue weighted by Crippen LogP contribution is 2.23. The van der Waals surface area contributed by atoms with Crippen LogP contribution in [0.2, 0.25) is 0 Å². The SMILES string of the molecule is C#CCN(CCC)CCc1c[nH]c2ccc(O)cc12. The number of nitrogens with zero attached hydrogens (tertiary/aromatic N) is 1. The van der Waals surface area contributed by atoms with Crippen molar-refractivity contribution in [3.05, 3.63) is 30.0 Å². The molecule has 0 aliphatic carbocycles. The van der Waals surface area contributed by atoms with Crippen molar-refractivity contribution >= 4 is 10.9 Å². The third kappa shape index (κ3) is 3.30. The zero-order valence-electron chi connectivity index (χ0n) is 11.3. The molecule has 0 saturated heterocycles. The number of rotatable bonds is 6. The van der Waals surface area contributed by atoms with Gasteiger partial charge < -0.3 is 10.1 Å². The summed E-state index contributed by atoms with van der Waals surface area (Å²) < 4.78 is 0. The first-order valence-electron chi connectivity index (χ1n) is 6.69. The van der Waals surface area contributed by atoms with Crippen LogP contribution in [0, 0.1) is 12.3 Å². The van der Waals surface area contributed by atoms with Crippen LogP contribution >= 0.6 is 0 Å². The van der Waals surface area contributed by atoms with Crippen molar-refractivity contribution in [3.63, 3.8) is 0 Å². The molecule has 0 fully saturated rings. The molecule has 3 heteroatoms. The number of aromatic nitrogens is 1. The van der Waals surface area contributed by atoms with Gasteiger partial charge in [-0.05, 0) is 43.1 Å². The van der Waals surface area contributed by atoms with Gasteiger partial charge in [0.1, 0.15) is 5.75 Å². The molecule has 0 unspecified atom stereocenters. The Kier molecular flexibility index (Phi) is 4.48. The Bertz CT molecular complexity index is 580. The number of fused-ring (bicyclic) bond motifs is 1. The fourth-order valence-corrected chi connectivity index (χ4v) is 2.37. The summed E-state index contributed by atoms with van der Waals surface area (Å²) in [6.07, 6.45) is 9.45. The predicted octanol–water partition coefficient (Wildman–Crippen LogP) is 2.76. The molecular weight excluding hydrogens is 236 g/mol. The van der Waals surface area contributed by atoms with Crippen LogP contribution in [0.5, 0.6) is 5.75 Å². The minimum atomic E-state index is 0.308. The number of benzene rings is 1. The topological polar surface area (TPSA) is 39.3 Å². The smallest absolute Gasteiger partial charge is 0.116 e. The average Bonchev–Trinajstić information content (AvgIpc) is 2.79. The van der Waals surface area contributed by atoms with E-state index in [1.54, 1.807) is 6.07 Å². The number of aromatic hydroxyl groups is 1. The molecular formula is C16H20N2O. The number of terminal acetylenes is 1. The minimum absolute atomic E-state index is 0.308. The van der Waals surface area contributed by atoms with Crippen molar-refractivity contribution < 1.29 is 5.11 Å². The van der Waals surface area contributed by atoms with Crippen LogP contribution in [0.3, 0.4) is 0 Å². The van der Waals surface area contributed by atoms with Crippen molar-refractivity contribution in [2.75, 3.05) is 19.6 Å². The summed E-state index contributed by atoms with van der Waals surface area (Å²) in [6.45, 7) is 4.83. The fourth-order valence-electron chi connectivity index (χ4n) is 2.37. The van der Waals surface area contributed by atoms with E-state index in [0.29, 0.717) is 12.3 Å². The molecule has 2 aromatic rings. The average molecular weight is 256 g/mol. The second kappa shape index (κ2) is 6.31. The van der Waals surface area contributed by atoms with E-state index in [4.69, 9.17) is 6.42 Å². The van der Waals surface area contributed by atoms with Gasteiger partial charge in [0.05, 0.1) is 6.54 Å². The van der Waals surface area contributed by atoms with E-state index in [0.717, 1.165) is 36.8 Å². The van der Waals surface area contributed by atoms with Crippen LogP contribution in [0.1, 0.15) is 18.9 Å². The molecule has 100 valence electrons. The number of nitrogens with one attached hydrogen (secondary N) is 1. The molecule has 0 aliphatic heterocycles. The molecule has 0 aliphatic rings. The summed E-state index contributed by atoms with van der Waals surface area (Å²) in [7, 11) is 0. The van der Waals surface area contributed by atoms with Gasteiger partial charge in [-0.25, -0.2) is 0 Å². The van der Waals surface area contributed by atoms with Gasteiger partial charge in [0, 0.05) is 23.6 Å². The summed E-state index contributed by atoms with van der Waals surface area (Å²) in [5.74, 6) is 3.01. The van der Waals surface area contributed by atoms with E-state index in [1.807, 2.05) is 18.3 Å². The maximum Gasteiger partial charge on any atom is 0.116 e. The fraction of sp³-hybridized carbons (Fsp3) is 0.375. The molecule has 0 spiro atoms.